The first kappa shape index (κ1) is 46.6. The molecule has 0 spiro atoms. The normalized spacial score (nSPS) is 18.3. The van der Waals surface area contributed by atoms with Crippen LogP contribution in [0.2, 0.25) is 10.0 Å². The second-order valence-electron chi connectivity index (χ2n) is 14.7. The highest BCUT2D eigenvalue weighted by Gasteiger charge is 2.42. The van der Waals surface area contributed by atoms with Gasteiger partial charge in [-0.2, -0.15) is 0 Å². The Labute approximate surface area is 377 Å². The van der Waals surface area contributed by atoms with Crippen molar-refractivity contribution in [2.75, 3.05) is 62.2 Å². The van der Waals surface area contributed by atoms with Crippen molar-refractivity contribution < 1.29 is 43.6 Å². The second kappa shape index (κ2) is 21.4. The zero-order valence-corrected chi connectivity index (χ0v) is 35.8. The number of nitrogens with one attached hydrogen (secondary N) is 3. The predicted octanol–water partition coefficient (Wildman–Crippen LogP) is 3.16. The van der Waals surface area contributed by atoms with E-state index in [2.05, 4.69) is 20.9 Å². The molecule has 0 saturated carbocycles. The first-order valence-electron chi connectivity index (χ1n) is 20.1. The van der Waals surface area contributed by atoms with E-state index in [1.54, 1.807) is 24.3 Å². The molecule has 64 heavy (non-hydrogen) atoms. The third kappa shape index (κ3) is 11.4. The third-order valence-electron chi connectivity index (χ3n) is 10.5. The van der Waals surface area contributed by atoms with Gasteiger partial charge < -0.3 is 47.0 Å². The number of imide groups is 2. The number of nitrogens with zero attached hydrogens (tertiary/aromatic N) is 5. The molecule has 0 bridgehead atoms. The molecule has 8 rings (SSSR count). The molecule has 19 nitrogen and oxygen atoms in total. The van der Waals surface area contributed by atoms with Crippen LogP contribution >= 0.6 is 23.2 Å². The summed E-state index contributed by atoms with van der Waals surface area (Å²) >= 11 is 12.5. The molecule has 4 aliphatic heterocycles. The fourth-order valence-electron chi connectivity index (χ4n) is 7.17. The summed E-state index contributed by atoms with van der Waals surface area (Å²) < 4.78 is 0. The minimum atomic E-state index is -0.802. The fourth-order valence-corrected chi connectivity index (χ4v) is 7.85. The number of carbonyl (C=O) groups excluding carboxylic acids is 7. The lowest BCUT2D eigenvalue weighted by molar-refractivity contribution is -0.151. The Morgan fingerprint density at radius 1 is 0.609 bits per heavy atom. The van der Waals surface area contributed by atoms with Gasteiger partial charge >= 0.3 is 18.2 Å². The number of primary amides is 2. The van der Waals surface area contributed by atoms with E-state index in [0.717, 1.165) is 43.0 Å². The van der Waals surface area contributed by atoms with Crippen molar-refractivity contribution >= 4 is 76.4 Å². The van der Waals surface area contributed by atoms with Gasteiger partial charge in [-0.05, 0) is 35.4 Å². The highest BCUT2D eigenvalue weighted by molar-refractivity contribution is 6.37. The van der Waals surface area contributed by atoms with Gasteiger partial charge in [0.05, 0.1) is 32.5 Å². The number of urea groups is 2. The second-order valence-corrected chi connectivity index (χ2v) is 15.5. The lowest BCUT2D eigenvalue weighted by Gasteiger charge is -2.36. The van der Waals surface area contributed by atoms with Gasteiger partial charge in [0.25, 0.3) is 11.8 Å². The molecule has 0 unspecified atom stereocenters. The number of hydrogen-bond donors (Lipinski definition) is 6. The Kier molecular flexibility index (Phi) is 15.6. The molecule has 4 aromatic rings. The summed E-state index contributed by atoms with van der Waals surface area (Å²) in [5.74, 6) is -2.33. The minimum Gasteiger partial charge on any atom is -0.368 e. The van der Waals surface area contributed by atoms with E-state index in [9.17, 15) is 33.6 Å². The number of nitrogens with two attached hydrogens (primary N) is 2. The number of benzene rings is 4. The first-order valence-corrected chi connectivity index (χ1v) is 20.9. The van der Waals surface area contributed by atoms with Crippen LogP contribution in [0.4, 0.5) is 25.8 Å². The number of rotatable bonds is 9. The number of halogens is 2. The first-order chi connectivity index (χ1) is 30.7. The summed E-state index contributed by atoms with van der Waals surface area (Å²) in [4.78, 5) is 92.9. The van der Waals surface area contributed by atoms with Gasteiger partial charge in [-0.1, -0.05) is 101 Å². The molecule has 0 aliphatic carbocycles. The summed E-state index contributed by atoms with van der Waals surface area (Å²) in [5, 5.41) is 18.5. The lowest BCUT2D eigenvalue weighted by Crippen LogP contribution is -2.50. The van der Waals surface area contributed by atoms with Gasteiger partial charge in [0.15, 0.2) is 0 Å². The smallest absolute Gasteiger partial charge is 0.368 e. The van der Waals surface area contributed by atoms with E-state index < -0.39 is 53.9 Å². The van der Waals surface area contributed by atoms with Gasteiger partial charge in [0.1, 0.15) is 12.1 Å². The molecule has 4 aromatic carbocycles. The van der Waals surface area contributed by atoms with E-state index in [-0.39, 0.29) is 28.7 Å². The Morgan fingerprint density at radius 3 is 1.52 bits per heavy atom. The van der Waals surface area contributed by atoms with Gasteiger partial charge in [-0.25, -0.2) is 14.4 Å². The summed E-state index contributed by atoms with van der Waals surface area (Å²) in [6.07, 6.45) is -0.110. The quantitative estimate of drug-likeness (QED) is 0.105. The molecular formula is C43H46Cl2N10O9. The molecule has 8 N–H and O–H groups in total. The molecule has 4 heterocycles. The van der Waals surface area contributed by atoms with Gasteiger partial charge in [0.2, 0.25) is 11.8 Å². The number of hydrogen-bond acceptors (Lipinski definition) is 12. The van der Waals surface area contributed by atoms with Crippen LogP contribution in [-0.2, 0) is 27.3 Å². The third-order valence-corrected chi connectivity index (χ3v) is 11.3. The van der Waals surface area contributed by atoms with Crippen LogP contribution in [0.5, 0.6) is 0 Å². The van der Waals surface area contributed by atoms with Gasteiger partial charge in [0, 0.05) is 65.2 Å². The molecule has 0 radical (unpaired) electrons. The maximum Gasteiger partial charge on any atom is 0.434 e. The lowest BCUT2D eigenvalue weighted by atomic mass is 10.1. The van der Waals surface area contributed by atoms with Gasteiger partial charge in [-0.15, -0.1) is 5.06 Å². The fraction of sp³-hybridized carbons (Fsp3) is 0.279. The van der Waals surface area contributed by atoms with E-state index in [0.29, 0.717) is 47.3 Å². The van der Waals surface area contributed by atoms with E-state index >= 15 is 0 Å². The Morgan fingerprint density at radius 2 is 1.06 bits per heavy atom. The van der Waals surface area contributed by atoms with E-state index in [1.165, 1.54) is 4.90 Å². The number of hydroxylamine groups is 4. The molecule has 336 valence electrons. The molecule has 2 atom stereocenters. The molecule has 4 fully saturated rings. The van der Waals surface area contributed by atoms with Gasteiger partial charge in [-0.3, -0.25) is 24.4 Å². The maximum absolute atomic E-state index is 12.6. The van der Waals surface area contributed by atoms with Crippen LogP contribution in [0, 0.1) is 0 Å². The summed E-state index contributed by atoms with van der Waals surface area (Å²) in [7, 11) is 0. The van der Waals surface area contributed by atoms with Crippen molar-refractivity contribution in [3.05, 3.63) is 129 Å². The van der Waals surface area contributed by atoms with Crippen molar-refractivity contribution in [3.8, 4) is 0 Å². The van der Waals surface area contributed by atoms with E-state index in [4.69, 9.17) is 44.7 Å². The zero-order chi connectivity index (χ0) is 45.9. The Hall–Kier alpha value is -6.93. The average molecular weight is 918 g/mol. The highest BCUT2D eigenvalue weighted by Crippen LogP contribution is 2.31. The SMILES string of the molecule is NC(=O)c1cccc(N2CCN(C(=O)ON3C(=O)N[C@@H](Cc4ccccc4)C3=O)CC2)c1Cl.NC(=O)c1cccc(N2CCNCC2)c1Cl.O=C1N[C@@H](Cc2ccccc2)C(=O)N1O. The van der Waals surface area contributed by atoms with Crippen LogP contribution in [0.15, 0.2) is 97.1 Å². The molecule has 4 saturated heterocycles. The summed E-state index contributed by atoms with van der Waals surface area (Å²) in [5.41, 5.74) is 14.6. The van der Waals surface area contributed by atoms with Crippen molar-refractivity contribution in [3.63, 3.8) is 0 Å². The maximum atomic E-state index is 12.6. The van der Waals surface area contributed by atoms with Crippen molar-refractivity contribution in [2.24, 2.45) is 11.5 Å². The minimum absolute atomic E-state index is 0.119. The summed E-state index contributed by atoms with van der Waals surface area (Å²) in [6, 6.07) is 25.9. The average Bonchev–Trinajstić information content (AvgIpc) is 3.70. The van der Waals surface area contributed by atoms with Crippen LogP contribution in [-0.4, -0.2) is 126 Å². The summed E-state index contributed by atoms with van der Waals surface area (Å²) in [6.45, 7) is 5.00. The van der Waals surface area contributed by atoms with Crippen molar-refractivity contribution in [1.29, 1.82) is 0 Å². The number of anilines is 2. The van der Waals surface area contributed by atoms with Crippen LogP contribution in [0.3, 0.4) is 0 Å². The standard InChI is InChI=1S/C22H22ClN5O5.C11H14ClN3O.C10H10N2O3/c23-18-15(19(24)29)7-4-8-17(18)26-9-11-27(12-10-26)22(32)33-28-20(30)16(25-21(28)31)13-14-5-2-1-3-6-14;12-10-8(11(13)16)2-1-3-9(10)15-6-4-14-5-7-15;13-9-8(11-10(14)12(9)15)6-7-4-2-1-3-5-7/h1-8,16H,9-13H2,(H2,24,29)(H,25,31);1-3,14H,4-7H2,(H2,13,16);1-5,8,15H,6H2,(H,11,14)/t16-;;8-/m0.0/s1. The van der Waals surface area contributed by atoms with Crippen LogP contribution in [0.25, 0.3) is 0 Å². The Bertz CT molecular complexity index is 2370. The molecule has 0 aromatic heterocycles. The monoisotopic (exact) mass is 916 g/mol. The van der Waals surface area contributed by atoms with E-state index in [1.807, 2.05) is 77.7 Å². The van der Waals surface area contributed by atoms with Crippen molar-refractivity contribution in [1.82, 2.24) is 31.0 Å². The van der Waals surface area contributed by atoms with Crippen LogP contribution in [0.1, 0.15) is 31.8 Å². The highest BCUT2D eigenvalue weighted by atomic mass is 35.5. The number of carbonyl (C=O) groups is 7. The topological polar surface area (TPSA) is 253 Å². The molecular weight excluding hydrogens is 871 g/mol. The van der Waals surface area contributed by atoms with Crippen molar-refractivity contribution in [2.45, 2.75) is 24.9 Å². The van der Waals surface area contributed by atoms with Crippen LogP contribution < -0.4 is 37.2 Å². The predicted molar refractivity (Wildman–Crippen MR) is 236 cm³/mol. The molecule has 21 heteroatoms. The molecule has 9 amide bonds. The molecule has 4 aliphatic rings. The zero-order valence-electron chi connectivity index (χ0n) is 34.3. The largest absolute Gasteiger partial charge is 0.434 e. The Balaban J connectivity index is 0.000000182. The number of amides is 9. The number of piperazine rings is 2.